The minimum absolute atomic E-state index is 0.0132. The molecule has 4 rings (SSSR count). The van der Waals surface area contributed by atoms with Gasteiger partial charge in [0.15, 0.2) is 11.6 Å². The summed E-state index contributed by atoms with van der Waals surface area (Å²) < 4.78 is 19.8. The second kappa shape index (κ2) is 5.83. The Labute approximate surface area is 138 Å². The van der Waals surface area contributed by atoms with Gasteiger partial charge in [-0.3, -0.25) is 4.79 Å². The van der Waals surface area contributed by atoms with Crippen LogP contribution in [0.15, 0.2) is 42.9 Å². The molecule has 2 fully saturated rings. The summed E-state index contributed by atoms with van der Waals surface area (Å²) in [5, 5.41) is 3.12. The molecule has 3 heterocycles. The first kappa shape index (κ1) is 15.0. The number of ether oxygens (including phenoxy) is 1. The van der Waals surface area contributed by atoms with Crippen LogP contribution in [0.3, 0.4) is 0 Å². The molecule has 2 aliphatic rings. The standard InChI is InChI=1S/C17H17FN4O2/c18-13-8-19-11-20-16(13)22-7-6-17(12-4-2-1-3-5-12)14(9-22)24-10-15(23)21-17/h1-5,8,11,14H,6-7,9-10H2,(H,21,23)/t14-,17+/m1/s1. The van der Waals surface area contributed by atoms with Gasteiger partial charge in [-0.15, -0.1) is 0 Å². The lowest BCUT2D eigenvalue weighted by Gasteiger charge is -2.50. The number of hydrogen-bond acceptors (Lipinski definition) is 5. The lowest BCUT2D eigenvalue weighted by Crippen LogP contribution is -2.66. The molecular formula is C17H17FN4O2. The maximum absolute atomic E-state index is 14.0. The van der Waals surface area contributed by atoms with Crippen LogP contribution in [0, 0.1) is 5.82 Å². The van der Waals surface area contributed by atoms with Gasteiger partial charge in [-0.2, -0.15) is 0 Å². The molecule has 7 heteroatoms. The van der Waals surface area contributed by atoms with E-state index < -0.39 is 11.4 Å². The number of carbonyl (C=O) groups excluding carboxylic acids is 1. The number of amides is 1. The molecule has 6 nitrogen and oxygen atoms in total. The van der Waals surface area contributed by atoms with E-state index in [1.807, 2.05) is 35.2 Å². The van der Waals surface area contributed by atoms with Crippen LogP contribution in [0.1, 0.15) is 12.0 Å². The van der Waals surface area contributed by atoms with Crippen molar-refractivity contribution in [2.45, 2.75) is 18.1 Å². The van der Waals surface area contributed by atoms with E-state index in [1.165, 1.54) is 6.33 Å². The number of nitrogens with one attached hydrogen (secondary N) is 1. The fourth-order valence-corrected chi connectivity index (χ4v) is 3.59. The van der Waals surface area contributed by atoms with Crippen LogP contribution in [0.4, 0.5) is 10.2 Å². The average Bonchev–Trinajstić information content (AvgIpc) is 2.62. The molecule has 1 aromatic carbocycles. The van der Waals surface area contributed by atoms with Crippen LogP contribution >= 0.6 is 0 Å². The first-order chi connectivity index (χ1) is 11.7. The number of morpholine rings is 1. The molecule has 0 aliphatic carbocycles. The molecule has 0 unspecified atom stereocenters. The van der Waals surface area contributed by atoms with Gasteiger partial charge >= 0.3 is 0 Å². The van der Waals surface area contributed by atoms with Crippen LogP contribution < -0.4 is 10.2 Å². The topological polar surface area (TPSA) is 67.3 Å². The third-order valence-corrected chi connectivity index (χ3v) is 4.73. The summed E-state index contributed by atoms with van der Waals surface area (Å²) in [5.41, 5.74) is 0.419. The van der Waals surface area contributed by atoms with Gasteiger partial charge in [-0.1, -0.05) is 30.3 Å². The van der Waals surface area contributed by atoms with E-state index in [-0.39, 0.29) is 24.4 Å². The minimum Gasteiger partial charge on any atom is -0.364 e. The largest absolute Gasteiger partial charge is 0.364 e. The summed E-state index contributed by atoms with van der Waals surface area (Å²) in [5.74, 6) is -0.312. The van der Waals surface area contributed by atoms with Crippen molar-refractivity contribution in [2.24, 2.45) is 0 Å². The third-order valence-electron chi connectivity index (χ3n) is 4.73. The predicted octanol–water partition coefficient (Wildman–Crippen LogP) is 1.24. The van der Waals surface area contributed by atoms with Crippen molar-refractivity contribution < 1.29 is 13.9 Å². The van der Waals surface area contributed by atoms with Crippen molar-refractivity contribution in [1.82, 2.24) is 15.3 Å². The molecule has 2 aromatic rings. The van der Waals surface area contributed by atoms with Gasteiger partial charge in [0.1, 0.15) is 19.0 Å². The number of nitrogens with zero attached hydrogens (tertiary/aromatic N) is 3. The van der Waals surface area contributed by atoms with Gasteiger partial charge in [0.2, 0.25) is 5.91 Å². The number of halogens is 1. The normalized spacial score (nSPS) is 26.6. The molecule has 2 saturated heterocycles. The second-order valence-electron chi connectivity index (χ2n) is 6.08. The minimum atomic E-state index is -0.587. The van der Waals surface area contributed by atoms with Gasteiger partial charge in [-0.05, 0) is 12.0 Å². The number of fused-ring (bicyclic) bond motifs is 1. The van der Waals surface area contributed by atoms with Crippen LogP contribution in [0.5, 0.6) is 0 Å². The van der Waals surface area contributed by atoms with Crippen molar-refractivity contribution in [1.29, 1.82) is 0 Å². The maximum Gasteiger partial charge on any atom is 0.246 e. The molecule has 1 aromatic heterocycles. The molecule has 0 radical (unpaired) electrons. The average molecular weight is 328 g/mol. The molecule has 0 spiro atoms. The molecule has 124 valence electrons. The van der Waals surface area contributed by atoms with E-state index in [0.29, 0.717) is 19.5 Å². The van der Waals surface area contributed by atoms with E-state index in [4.69, 9.17) is 4.74 Å². The summed E-state index contributed by atoms with van der Waals surface area (Å²) in [4.78, 5) is 21.6. The summed E-state index contributed by atoms with van der Waals surface area (Å²) in [6.07, 6.45) is 2.82. The lowest BCUT2D eigenvalue weighted by atomic mass is 9.77. The molecule has 24 heavy (non-hydrogen) atoms. The predicted molar refractivity (Wildman–Crippen MR) is 84.8 cm³/mol. The van der Waals surface area contributed by atoms with E-state index in [2.05, 4.69) is 15.3 Å². The zero-order valence-corrected chi connectivity index (χ0v) is 13.0. The second-order valence-corrected chi connectivity index (χ2v) is 6.08. The quantitative estimate of drug-likeness (QED) is 0.898. The van der Waals surface area contributed by atoms with Gasteiger partial charge in [0.05, 0.1) is 11.7 Å². The van der Waals surface area contributed by atoms with Crippen LogP contribution in [0.2, 0.25) is 0 Å². The molecule has 1 N–H and O–H groups in total. The molecule has 0 bridgehead atoms. The van der Waals surface area contributed by atoms with E-state index in [0.717, 1.165) is 11.8 Å². The van der Waals surface area contributed by atoms with Crippen LogP contribution in [-0.4, -0.2) is 41.7 Å². The number of rotatable bonds is 2. The summed E-state index contributed by atoms with van der Waals surface area (Å²) in [7, 11) is 0. The number of benzene rings is 1. The zero-order chi connectivity index (χ0) is 16.6. The van der Waals surface area contributed by atoms with Crippen LogP contribution in [-0.2, 0) is 15.1 Å². The first-order valence-electron chi connectivity index (χ1n) is 7.88. The highest BCUT2D eigenvalue weighted by atomic mass is 19.1. The highest BCUT2D eigenvalue weighted by molar-refractivity contribution is 5.79. The molecule has 0 saturated carbocycles. The van der Waals surface area contributed by atoms with E-state index in [1.54, 1.807) is 0 Å². The summed E-state index contributed by atoms with van der Waals surface area (Å²) in [6.45, 7) is 1.02. The van der Waals surface area contributed by atoms with Crippen molar-refractivity contribution in [3.8, 4) is 0 Å². The monoisotopic (exact) mass is 328 g/mol. The highest BCUT2D eigenvalue weighted by Gasteiger charge is 2.49. The van der Waals surface area contributed by atoms with Crippen molar-refractivity contribution in [3.63, 3.8) is 0 Å². The van der Waals surface area contributed by atoms with Crippen molar-refractivity contribution in [3.05, 3.63) is 54.2 Å². The number of aromatic nitrogens is 2. The Balaban J connectivity index is 1.67. The third kappa shape index (κ3) is 2.41. The van der Waals surface area contributed by atoms with Crippen molar-refractivity contribution in [2.75, 3.05) is 24.6 Å². The maximum atomic E-state index is 14.0. The first-order valence-corrected chi connectivity index (χ1v) is 7.88. The Hall–Kier alpha value is -2.54. The van der Waals surface area contributed by atoms with E-state index >= 15 is 0 Å². The van der Waals surface area contributed by atoms with E-state index in [9.17, 15) is 9.18 Å². The van der Waals surface area contributed by atoms with Gasteiger partial charge in [0, 0.05) is 13.1 Å². The van der Waals surface area contributed by atoms with Gasteiger partial charge < -0.3 is 15.0 Å². The fraction of sp³-hybridized carbons (Fsp3) is 0.353. The number of anilines is 1. The molecule has 2 atom stereocenters. The molecule has 1 amide bonds. The smallest absolute Gasteiger partial charge is 0.246 e. The van der Waals surface area contributed by atoms with Crippen molar-refractivity contribution >= 4 is 11.7 Å². The zero-order valence-electron chi connectivity index (χ0n) is 13.0. The number of carbonyl (C=O) groups is 1. The van der Waals surface area contributed by atoms with Crippen LogP contribution in [0.25, 0.3) is 0 Å². The molecular weight excluding hydrogens is 311 g/mol. The SMILES string of the molecule is O=C1CO[C@@H]2CN(c3ncncc3F)CC[C@@]2(c2ccccc2)N1. The molecule has 2 aliphatic heterocycles. The summed E-state index contributed by atoms with van der Waals surface area (Å²) in [6, 6.07) is 9.80. The number of hydrogen-bond donors (Lipinski definition) is 1. The Morgan fingerprint density at radius 2 is 2.17 bits per heavy atom. The summed E-state index contributed by atoms with van der Waals surface area (Å²) >= 11 is 0. The fourth-order valence-electron chi connectivity index (χ4n) is 3.59. The Morgan fingerprint density at radius 3 is 2.96 bits per heavy atom. The van der Waals surface area contributed by atoms with Gasteiger partial charge in [0.25, 0.3) is 0 Å². The highest BCUT2D eigenvalue weighted by Crippen LogP contribution is 2.38. The number of piperidine rings is 1. The lowest BCUT2D eigenvalue weighted by molar-refractivity contribution is -0.146. The van der Waals surface area contributed by atoms with Gasteiger partial charge in [-0.25, -0.2) is 14.4 Å². The Morgan fingerprint density at radius 1 is 1.33 bits per heavy atom. The Bertz CT molecular complexity index is 757. The Kier molecular flexibility index (Phi) is 3.65.